The highest BCUT2D eigenvalue weighted by Crippen LogP contribution is 2.10. The zero-order valence-corrected chi connectivity index (χ0v) is 9.56. The van der Waals surface area contributed by atoms with E-state index in [9.17, 15) is 4.79 Å². The van der Waals surface area contributed by atoms with Crippen molar-refractivity contribution in [3.8, 4) is 0 Å². The number of aromatic nitrogens is 2. The summed E-state index contributed by atoms with van der Waals surface area (Å²) in [5.41, 5.74) is 7.83. The van der Waals surface area contributed by atoms with Crippen molar-refractivity contribution in [2.75, 3.05) is 29.6 Å². The molecule has 6 N–H and O–H groups in total. The molecule has 0 spiro atoms. The molecular weight excluding hydrogens is 224 g/mol. The maximum Gasteiger partial charge on any atom is 0.307 e. The highest BCUT2D eigenvalue weighted by Gasteiger charge is 2.03. The monoisotopic (exact) mass is 240 g/mol. The van der Waals surface area contributed by atoms with Gasteiger partial charge in [-0.3, -0.25) is 4.79 Å². The van der Waals surface area contributed by atoms with Crippen molar-refractivity contribution in [2.45, 2.75) is 13.3 Å². The second-order valence-corrected chi connectivity index (χ2v) is 3.12. The van der Waals surface area contributed by atoms with Crippen molar-refractivity contribution in [3.05, 3.63) is 6.07 Å². The van der Waals surface area contributed by atoms with E-state index in [1.54, 1.807) is 13.0 Å². The topological polar surface area (TPSA) is 128 Å². The van der Waals surface area contributed by atoms with Crippen LogP contribution in [0.25, 0.3) is 0 Å². The van der Waals surface area contributed by atoms with E-state index in [4.69, 9.17) is 16.3 Å². The summed E-state index contributed by atoms with van der Waals surface area (Å²) in [4.78, 5) is 18.8. The summed E-state index contributed by atoms with van der Waals surface area (Å²) in [6.07, 6.45) is 0.253. The van der Waals surface area contributed by atoms with Gasteiger partial charge in [0.15, 0.2) is 0 Å². The number of esters is 1. The zero-order chi connectivity index (χ0) is 12.7. The number of nitrogens with two attached hydrogens (primary N) is 2. The number of hydrogen-bond donors (Lipinski definition) is 4. The van der Waals surface area contributed by atoms with Crippen LogP contribution in [0.15, 0.2) is 6.07 Å². The molecule has 1 heterocycles. The predicted octanol–water partition coefficient (Wildman–Crippen LogP) is -0.290. The van der Waals surface area contributed by atoms with E-state index in [2.05, 4.69) is 20.7 Å². The SMILES string of the molecule is CCOC(=O)CCNc1cc(NN)nc(N)n1. The van der Waals surface area contributed by atoms with Gasteiger partial charge in [-0.2, -0.15) is 9.97 Å². The summed E-state index contributed by atoms with van der Waals surface area (Å²) in [5, 5.41) is 2.92. The summed E-state index contributed by atoms with van der Waals surface area (Å²) < 4.78 is 4.78. The molecule has 0 aromatic carbocycles. The fourth-order valence-corrected chi connectivity index (χ4v) is 1.16. The minimum Gasteiger partial charge on any atom is -0.466 e. The molecule has 1 aromatic rings. The van der Waals surface area contributed by atoms with Crippen LogP contribution in [0.2, 0.25) is 0 Å². The average Bonchev–Trinajstić information content (AvgIpc) is 2.28. The number of nitrogen functional groups attached to an aromatic ring is 2. The lowest BCUT2D eigenvalue weighted by atomic mass is 10.4. The molecule has 0 bridgehead atoms. The van der Waals surface area contributed by atoms with Crippen LogP contribution in [0.1, 0.15) is 13.3 Å². The fourth-order valence-electron chi connectivity index (χ4n) is 1.16. The van der Waals surface area contributed by atoms with Crippen LogP contribution in [-0.2, 0) is 9.53 Å². The number of hydrogen-bond acceptors (Lipinski definition) is 8. The molecule has 1 rings (SSSR count). The van der Waals surface area contributed by atoms with Crippen molar-refractivity contribution in [2.24, 2.45) is 5.84 Å². The average molecular weight is 240 g/mol. The van der Waals surface area contributed by atoms with Crippen molar-refractivity contribution in [3.63, 3.8) is 0 Å². The number of carbonyl (C=O) groups excluding carboxylic acids is 1. The minimum absolute atomic E-state index is 0.0964. The molecule has 0 saturated heterocycles. The number of rotatable bonds is 6. The molecule has 8 heteroatoms. The standard InChI is InChI=1S/C9H16N6O2/c1-2-17-8(16)3-4-12-6-5-7(15-11)14-9(10)13-6/h5H,2-4,11H2,1H3,(H4,10,12,13,14,15). The van der Waals surface area contributed by atoms with Crippen molar-refractivity contribution in [1.82, 2.24) is 9.97 Å². The third-order valence-electron chi connectivity index (χ3n) is 1.83. The Bertz CT molecular complexity index is 384. The molecule has 17 heavy (non-hydrogen) atoms. The van der Waals surface area contributed by atoms with Gasteiger partial charge in [0, 0.05) is 12.6 Å². The van der Waals surface area contributed by atoms with Crippen LogP contribution in [0.5, 0.6) is 0 Å². The molecule has 0 atom stereocenters. The van der Waals surface area contributed by atoms with Crippen molar-refractivity contribution < 1.29 is 9.53 Å². The van der Waals surface area contributed by atoms with Gasteiger partial charge in [0.25, 0.3) is 0 Å². The first-order chi connectivity index (χ1) is 8.15. The van der Waals surface area contributed by atoms with Gasteiger partial charge in [-0.15, -0.1) is 0 Å². The van der Waals surface area contributed by atoms with Crippen LogP contribution < -0.4 is 22.3 Å². The maximum atomic E-state index is 11.1. The number of ether oxygens (including phenoxy) is 1. The van der Waals surface area contributed by atoms with Crippen LogP contribution >= 0.6 is 0 Å². The number of hydrazine groups is 1. The van der Waals surface area contributed by atoms with Crippen LogP contribution in [0, 0.1) is 0 Å². The van der Waals surface area contributed by atoms with Gasteiger partial charge in [0.2, 0.25) is 5.95 Å². The quantitative estimate of drug-likeness (QED) is 0.303. The molecule has 0 amide bonds. The first-order valence-electron chi connectivity index (χ1n) is 5.16. The number of nitrogens with zero attached hydrogens (tertiary/aromatic N) is 2. The second-order valence-electron chi connectivity index (χ2n) is 3.12. The number of anilines is 3. The van der Waals surface area contributed by atoms with E-state index < -0.39 is 0 Å². The second kappa shape index (κ2) is 6.48. The molecule has 0 aliphatic carbocycles. The first kappa shape index (κ1) is 13.0. The molecular formula is C9H16N6O2. The molecule has 0 unspecified atom stereocenters. The number of nitrogens with one attached hydrogen (secondary N) is 2. The third kappa shape index (κ3) is 4.51. The van der Waals surface area contributed by atoms with Gasteiger partial charge in [0.1, 0.15) is 11.6 Å². The Morgan fingerprint density at radius 3 is 2.82 bits per heavy atom. The molecule has 0 aliphatic heterocycles. The molecule has 0 saturated carbocycles. The van der Waals surface area contributed by atoms with Gasteiger partial charge in [0.05, 0.1) is 13.0 Å². The smallest absolute Gasteiger partial charge is 0.307 e. The highest BCUT2D eigenvalue weighted by molar-refractivity contribution is 5.70. The lowest BCUT2D eigenvalue weighted by Gasteiger charge is -2.07. The minimum atomic E-state index is -0.265. The summed E-state index contributed by atoms with van der Waals surface area (Å²) in [5.74, 6) is 5.93. The summed E-state index contributed by atoms with van der Waals surface area (Å²) >= 11 is 0. The number of carbonyl (C=O) groups is 1. The Hall–Kier alpha value is -2.09. The lowest BCUT2D eigenvalue weighted by molar-refractivity contribution is -0.142. The maximum absolute atomic E-state index is 11.1. The summed E-state index contributed by atoms with van der Waals surface area (Å²) in [6.45, 7) is 2.54. The van der Waals surface area contributed by atoms with E-state index >= 15 is 0 Å². The van der Waals surface area contributed by atoms with E-state index in [-0.39, 0.29) is 18.3 Å². The Kier molecular flexibility index (Phi) is 4.95. The molecule has 8 nitrogen and oxygen atoms in total. The van der Waals surface area contributed by atoms with Gasteiger partial charge in [-0.25, -0.2) is 5.84 Å². The Morgan fingerprint density at radius 1 is 1.47 bits per heavy atom. The first-order valence-corrected chi connectivity index (χ1v) is 5.16. The van der Waals surface area contributed by atoms with Gasteiger partial charge >= 0.3 is 5.97 Å². The van der Waals surface area contributed by atoms with E-state index in [1.165, 1.54) is 0 Å². The van der Waals surface area contributed by atoms with Crippen molar-refractivity contribution in [1.29, 1.82) is 0 Å². The normalized spacial score (nSPS) is 9.76. The molecule has 94 valence electrons. The van der Waals surface area contributed by atoms with Gasteiger partial charge < -0.3 is 21.2 Å². The zero-order valence-electron chi connectivity index (χ0n) is 9.56. The van der Waals surface area contributed by atoms with Crippen LogP contribution in [0.3, 0.4) is 0 Å². The highest BCUT2D eigenvalue weighted by atomic mass is 16.5. The van der Waals surface area contributed by atoms with E-state index in [0.717, 1.165) is 0 Å². The largest absolute Gasteiger partial charge is 0.466 e. The lowest BCUT2D eigenvalue weighted by Crippen LogP contribution is -2.14. The predicted molar refractivity (Wildman–Crippen MR) is 64.0 cm³/mol. The third-order valence-corrected chi connectivity index (χ3v) is 1.83. The van der Waals surface area contributed by atoms with Gasteiger partial charge in [-0.1, -0.05) is 0 Å². The molecule has 1 aromatic heterocycles. The van der Waals surface area contributed by atoms with E-state index in [1.807, 2.05) is 0 Å². The van der Waals surface area contributed by atoms with Gasteiger partial charge in [-0.05, 0) is 6.92 Å². The molecule has 0 radical (unpaired) electrons. The van der Waals surface area contributed by atoms with Crippen LogP contribution in [0.4, 0.5) is 17.6 Å². The fraction of sp³-hybridized carbons (Fsp3) is 0.444. The summed E-state index contributed by atoms with van der Waals surface area (Å²) in [6, 6.07) is 1.58. The van der Waals surface area contributed by atoms with Crippen molar-refractivity contribution >= 4 is 23.6 Å². The summed E-state index contributed by atoms with van der Waals surface area (Å²) in [7, 11) is 0. The molecule has 0 fully saturated rings. The van der Waals surface area contributed by atoms with Crippen LogP contribution in [-0.4, -0.2) is 29.1 Å². The van der Waals surface area contributed by atoms with E-state index in [0.29, 0.717) is 24.8 Å². The Balaban J connectivity index is 2.46. The Labute approximate surface area is 98.7 Å². The Morgan fingerprint density at radius 2 is 2.18 bits per heavy atom. The molecule has 0 aliphatic rings.